The minimum Gasteiger partial charge on any atom is -0.444 e. The lowest BCUT2D eigenvalue weighted by Crippen LogP contribution is -2.32. The number of ether oxygens (including phenoxy) is 1. The molecule has 0 unspecified atom stereocenters. The van der Waals surface area contributed by atoms with E-state index < -0.39 is 16.6 Å². The number of aromatic nitrogens is 2. The Morgan fingerprint density at radius 2 is 2.26 bits per heavy atom. The van der Waals surface area contributed by atoms with Crippen molar-refractivity contribution in [1.82, 2.24) is 15.3 Å². The van der Waals surface area contributed by atoms with Crippen LogP contribution in [0.5, 0.6) is 0 Å². The highest BCUT2D eigenvalue weighted by Gasteiger charge is 2.15. The highest BCUT2D eigenvalue weighted by molar-refractivity contribution is 5.86. The highest BCUT2D eigenvalue weighted by atomic mass is 16.6. The van der Waals surface area contributed by atoms with Gasteiger partial charge in [-0.2, -0.15) is 0 Å². The first-order valence-corrected chi connectivity index (χ1v) is 6.83. The van der Waals surface area contributed by atoms with E-state index in [1.165, 1.54) is 12.4 Å². The van der Waals surface area contributed by atoms with Gasteiger partial charge in [0.05, 0.1) is 23.1 Å². The molecule has 0 atom stereocenters. The predicted molar refractivity (Wildman–Crippen MR) is 83.9 cm³/mol. The molecule has 23 heavy (non-hydrogen) atoms. The van der Waals surface area contributed by atoms with Gasteiger partial charge in [-0.15, -0.1) is 0 Å². The molecule has 0 saturated heterocycles. The van der Waals surface area contributed by atoms with Crippen LogP contribution in [0.1, 0.15) is 26.3 Å². The van der Waals surface area contributed by atoms with Gasteiger partial charge in [-0.25, -0.2) is 9.78 Å². The van der Waals surface area contributed by atoms with Crippen molar-refractivity contribution in [3.8, 4) is 11.8 Å². The first-order chi connectivity index (χ1) is 10.8. The van der Waals surface area contributed by atoms with Gasteiger partial charge in [0.2, 0.25) is 0 Å². The van der Waals surface area contributed by atoms with Crippen LogP contribution in [0.4, 0.5) is 10.5 Å². The van der Waals surface area contributed by atoms with E-state index in [4.69, 9.17) is 4.74 Å². The van der Waals surface area contributed by atoms with E-state index in [1.54, 1.807) is 26.8 Å². The Hall–Kier alpha value is -3.08. The molecule has 0 aliphatic heterocycles. The van der Waals surface area contributed by atoms with E-state index in [-0.39, 0.29) is 12.2 Å². The Labute approximate surface area is 132 Å². The fourth-order valence-electron chi connectivity index (χ4n) is 1.79. The van der Waals surface area contributed by atoms with Crippen molar-refractivity contribution in [2.45, 2.75) is 26.4 Å². The fraction of sp³-hybridized carbons (Fsp3) is 0.333. The van der Waals surface area contributed by atoms with E-state index in [0.717, 1.165) is 0 Å². The van der Waals surface area contributed by atoms with Crippen molar-refractivity contribution in [3.63, 3.8) is 0 Å². The van der Waals surface area contributed by atoms with Crippen LogP contribution in [0.25, 0.3) is 11.0 Å². The summed E-state index contributed by atoms with van der Waals surface area (Å²) in [6.07, 6.45) is 2.24. The lowest BCUT2D eigenvalue weighted by Gasteiger charge is -2.18. The van der Waals surface area contributed by atoms with Gasteiger partial charge in [-0.05, 0) is 26.8 Å². The number of nitrogens with zero attached hydrogens (tertiary/aromatic N) is 2. The Balaban J connectivity index is 2.04. The Bertz CT molecular complexity index is 808. The van der Waals surface area contributed by atoms with Crippen LogP contribution >= 0.6 is 0 Å². The maximum Gasteiger partial charge on any atom is 0.408 e. The fourth-order valence-corrected chi connectivity index (χ4v) is 1.79. The largest absolute Gasteiger partial charge is 0.444 e. The number of nitrogens with one attached hydrogen (secondary N) is 2. The summed E-state index contributed by atoms with van der Waals surface area (Å²) in [7, 11) is 0. The number of fused-ring (bicyclic) bond motifs is 1. The number of hydrogen-bond donors (Lipinski definition) is 2. The molecule has 2 heterocycles. The molecule has 2 aromatic rings. The molecule has 0 spiro atoms. The van der Waals surface area contributed by atoms with Gasteiger partial charge in [-0.3, -0.25) is 10.1 Å². The molecule has 0 bridgehead atoms. The van der Waals surface area contributed by atoms with Crippen molar-refractivity contribution < 1.29 is 14.5 Å². The third-order valence-electron chi connectivity index (χ3n) is 2.66. The number of H-pyrrole nitrogens is 1. The number of carbonyl (C=O) groups excluding carboxylic acids is 1. The van der Waals surface area contributed by atoms with E-state index >= 15 is 0 Å². The number of carbonyl (C=O) groups is 1. The monoisotopic (exact) mass is 316 g/mol. The van der Waals surface area contributed by atoms with Gasteiger partial charge in [0.1, 0.15) is 11.2 Å². The lowest BCUT2D eigenvalue weighted by atomic mass is 10.2. The Kier molecular flexibility index (Phi) is 4.50. The molecule has 0 aliphatic carbocycles. The molecule has 2 N–H and O–H groups in total. The maximum atomic E-state index is 11.4. The Morgan fingerprint density at radius 3 is 2.91 bits per heavy atom. The molecule has 0 aromatic carbocycles. The van der Waals surface area contributed by atoms with Crippen LogP contribution in [0.3, 0.4) is 0 Å². The summed E-state index contributed by atoms with van der Waals surface area (Å²) in [6.45, 7) is 5.40. The van der Waals surface area contributed by atoms with E-state index in [2.05, 4.69) is 27.1 Å². The molecular weight excluding hydrogens is 300 g/mol. The normalized spacial score (nSPS) is 10.7. The van der Waals surface area contributed by atoms with Gasteiger partial charge in [-0.1, -0.05) is 11.8 Å². The molecule has 0 fully saturated rings. The minimum atomic E-state index is -0.570. The van der Waals surface area contributed by atoms with Crippen LogP contribution < -0.4 is 5.32 Å². The second-order valence-electron chi connectivity index (χ2n) is 5.71. The summed E-state index contributed by atoms with van der Waals surface area (Å²) >= 11 is 0. The van der Waals surface area contributed by atoms with Crippen LogP contribution in [-0.4, -0.2) is 33.1 Å². The molecule has 120 valence electrons. The van der Waals surface area contributed by atoms with Crippen molar-refractivity contribution in [2.75, 3.05) is 6.54 Å². The number of alkyl carbamates (subject to hydrolysis) is 1. The Morgan fingerprint density at radius 1 is 1.52 bits per heavy atom. The summed E-state index contributed by atoms with van der Waals surface area (Å²) in [5, 5.41) is 13.8. The van der Waals surface area contributed by atoms with E-state index in [9.17, 15) is 14.9 Å². The van der Waals surface area contributed by atoms with E-state index in [1.807, 2.05) is 0 Å². The molecule has 0 saturated carbocycles. The van der Waals surface area contributed by atoms with Gasteiger partial charge in [0.25, 0.3) is 5.69 Å². The average Bonchev–Trinajstić information content (AvgIpc) is 2.85. The summed E-state index contributed by atoms with van der Waals surface area (Å²) in [5.41, 5.74) is 0.322. The number of amides is 1. The molecule has 2 rings (SSSR count). The predicted octanol–water partition coefficient (Wildman–Crippen LogP) is 2.35. The van der Waals surface area contributed by atoms with Crippen molar-refractivity contribution in [1.29, 1.82) is 0 Å². The molecule has 2 aromatic heterocycles. The number of nitro groups is 1. The van der Waals surface area contributed by atoms with Crippen molar-refractivity contribution in [2.24, 2.45) is 0 Å². The van der Waals surface area contributed by atoms with Crippen LogP contribution in [-0.2, 0) is 4.74 Å². The second kappa shape index (κ2) is 6.36. The third kappa shape index (κ3) is 4.44. The summed E-state index contributed by atoms with van der Waals surface area (Å²) in [6, 6.07) is 1.58. The highest BCUT2D eigenvalue weighted by Crippen LogP contribution is 2.23. The first kappa shape index (κ1) is 16.3. The zero-order chi connectivity index (χ0) is 17.0. The second-order valence-corrected chi connectivity index (χ2v) is 5.71. The molecular formula is C15H16N4O4. The van der Waals surface area contributed by atoms with Crippen molar-refractivity contribution >= 4 is 22.8 Å². The summed E-state index contributed by atoms with van der Waals surface area (Å²) < 4.78 is 5.07. The zero-order valence-electron chi connectivity index (χ0n) is 13.0. The van der Waals surface area contributed by atoms with Gasteiger partial charge >= 0.3 is 6.09 Å². The topological polar surface area (TPSA) is 110 Å². The summed E-state index contributed by atoms with van der Waals surface area (Å²) in [5.74, 6) is 5.53. The molecule has 0 aliphatic rings. The third-order valence-corrected chi connectivity index (χ3v) is 2.66. The average molecular weight is 316 g/mol. The van der Waals surface area contributed by atoms with E-state index in [0.29, 0.717) is 16.6 Å². The first-order valence-electron chi connectivity index (χ1n) is 6.83. The van der Waals surface area contributed by atoms with Crippen LogP contribution in [0, 0.1) is 22.0 Å². The van der Waals surface area contributed by atoms with Crippen LogP contribution in [0.2, 0.25) is 0 Å². The molecule has 1 amide bonds. The standard InChI is InChI=1S/C15H16N4O4/c1-15(2,3)23-14(20)16-6-4-5-10-7-11-12(19(21)22)9-18-13(11)17-8-10/h7-9H,6H2,1-3H3,(H,16,20)(H,17,18). The molecule has 0 radical (unpaired) electrons. The minimum absolute atomic E-state index is 0.0528. The number of pyridine rings is 1. The maximum absolute atomic E-state index is 11.4. The molecule has 8 nitrogen and oxygen atoms in total. The molecule has 8 heteroatoms. The number of rotatable bonds is 2. The van der Waals surface area contributed by atoms with Crippen molar-refractivity contribution in [3.05, 3.63) is 34.1 Å². The van der Waals surface area contributed by atoms with Crippen LogP contribution in [0.15, 0.2) is 18.5 Å². The SMILES string of the molecule is CC(C)(C)OC(=O)NCC#Cc1cnc2[nH]cc([N+](=O)[O-])c2c1. The number of hydrogen-bond acceptors (Lipinski definition) is 5. The quantitative estimate of drug-likeness (QED) is 0.502. The zero-order valence-corrected chi connectivity index (χ0v) is 13.0. The lowest BCUT2D eigenvalue weighted by molar-refractivity contribution is -0.383. The van der Waals surface area contributed by atoms with Gasteiger partial charge in [0, 0.05) is 11.8 Å². The van der Waals surface area contributed by atoms with Gasteiger partial charge in [0.15, 0.2) is 0 Å². The smallest absolute Gasteiger partial charge is 0.408 e. The van der Waals surface area contributed by atoms with Gasteiger partial charge < -0.3 is 15.0 Å². The number of aromatic amines is 1. The summed E-state index contributed by atoms with van der Waals surface area (Å²) in [4.78, 5) is 28.6.